The number of aliphatic carboxylic acids is 1. The third kappa shape index (κ3) is 5.79. The third-order valence-electron chi connectivity index (χ3n) is 5.13. The van der Waals surface area contributed by atoms with E-state index >= 15 is 0 Å². The van der Waals surface area contributed by atoms with E-state index in [4.69, 9.17) is 9.84 Å². The van der Waals surface area contributed by atoms with Crippen molar-refractivity contribution in [2.24, 2.45) is 0 Å². The zero-order valence-electron chi connectivity index (χ0n) is 17.3. The Balaban J connectivity index is 1.51. The highest BCUT2D eigenvalue weighted by molar-refractivity contribution is 7.99. The van der Waals surface area contributed by atoms with Gasteiger partial charge in [0, 0.05) is 18.2 Å². The molecule has 0 saturated carbocycles. The lowest BCUT2D eigenvalue weighted by molar-refractivity contribution is -0.133. The molecular weight excluding hydrogens is 416 g/mol. The van der Waals surface area contributed by atoms with Crippen molar-refractivity contribution in [2.75, 3.05) is 24.7 Å². The van der Waals surface area contributed by atoms with Crippen molar-refractivity contribution in [1.29, 1.82) is 0 Å². The minimum absolute atomic E-state index is 0.00885. The first kappa shape index (κ1) is 22.7. The number of carboxylic acids is 1. The molecule has 0 saturated heterocycles. The van der Waals surface area contributed by atoms with Crippen LogP contribution in [0.3, 0.4) is 0 Å². The average molecular weight is 443 g/mol. The summed E-state index contributed by atoms with van der Waals surface area (Å²) in [5.41, 5.74) is 4.55. The van der Waals surface area contributed by atoms with Gasteiger partial charge in [0.15, 0.2) is 0 Å². The van der Waals surface area contributed by atoms with E-state index in [0.29, 0.717) is 18.7 Å². The summed E-state index contributed by atoms with van der Waals surface area (Å²) in [5, 5.41) is 14.0. The van der Waals surface area contributed by atoms with Crippen LogP contribution in [0.25, 0.3) is 11.1 Å². The first-order chi connectivity index (χ1) is 15.0. The Labute approximate surface area is 185 Å². The van der Waals surface area contributed by atoms with Crippen LogP contribution in [0.15, 0.2) is 48.5 Å². The summed E-state index contributed by atoms with van der Waals surface area (Å²) >= 11 is 1.22. The Morgan fingerprint density at radius 3 is 2.26 bits per heavy atom. The lowest BCUT2D eigenvalue weighted by atomic mass is 9.98. The number of alkyl carbamates (subject to hydrolysis) is 1. The van der Waals surface area contributed by atoms with Crippen LogP contribution in [-0.2, 0) is 14.3 Å². The minimum Gasteiger partial charge on any atom is -0.481 e. The summed E-state index contributed by atoms with van der Waals surface area (Å²) in [6, 6.07) is 15.5. The molecule has 1 atom stereocenters. The van der Waals surface area contributed by atoms with Crippen LogP contribution in [0.2, 0.25) is 0 Å². The van der Waals surface area contributed by atoms with Gasteiger partial charge in [0.05, 0.1) is 5.75 Å². The van der Waals surface area contributed by atoms with Crippen LogP contribution in [0.1, 0.15) is 30.4 Å². The van der Waals surface area contributed by atoms with Crippen molar-refractivity contribution < 1.29 is 24.2 Å². The number of hydrogen-bond donors (Lipinski definition) is 3. The molecule has 31 heavy (non-hydrogen) atoms. The first-order valence-electron chi connectivity index (χ1n) is 10.2. The SMILES string of the molecule is CC[C@H](NC(=O)OCC1c2ccccc2-c2ccccc21)C(=O)NCCSCC(=O)O. The highest BCUT2D eigenvalue weighted by Crippen LogP contribution is 2.44. The van der Waals surface area contributed by atoms with E-state index in [1.54, 1.807) is 6.92 Å². The van der Waals surface area contributed by atoms with Gasteiger partial charge in [-0.15, -0.1) is 11.8 Å². The number of rotatable bonds is 10. The van der Waals surface area contributed by atoms with Gasteiger partial charge in [-0.3, -0.25) is 9.59 Å². The van der Waals surface area contributed by atoms with Crippen molar-refractivity contribution in [2.45, 2.75) is 25.3 Å². The van der Waals surface area contributed by atoms with Gasteiger partial charge in [0.1, 0.15) is 12.6 Å². The van der Waals surface area contributed by atoms with E-state index < -0.39 is 18.1 Å². The van der Waals surface area contributed by atoms with E-state index in [1.807, 2.05) is 36.4 Å². The fourth-order valence-corrected chi connectivity index (χ4v) is 4.23. The molecule has 0 heterocycles. The Hall–Kier alpha value is -3.00. The van der Waals surface area contributed by atoms with Gasteiger partial charge in [0.2, 0.25) is 5.91 Å². The van der Waals surface area contributed by atoms with E-state index in [-0.39, 0.29) is 24.2 Å². The number of hydrogen-bond acceptors (Lipinski definition) is 5. The number of nitrogens with one attached hydrogen (secondary N) is 2. The van der Waals surface area contributed by atoms with Gasteiger partial charge in [-0.25, -0.2) is 4.79 Å². The van der Waals surface area contributed by atoms with Crippen molar-refractivity contribution >= 4 is 29.7 Å². The zero-order valence-corrected chi connectivity index (χ0v) is 18.1. The molecule has 0 unspecified atom stereocenters. The summed E-state index contributed by atoms with van der Waals surface area (Å²) in [7, 11) is 0. The van der Waals surface area contributed by atoms with Gasteiger partial charge in [-0.2, -0.15) is 0 Å². The monoisotopic (exact) mass is 442 g/mol. The maximum Gasteiger partial charge on any atom is 0.407 e. The summed E-state index contributed by atoms with van der Waals surface area (Å²) in [6.45, 7) is 2.32. The quantitative estimate of drug-likeness (QED) is 0.488. The molecule has 1 aliphatic rings. The van der Waals surface area contributed by atoms with Crippen LogP contribution in [0.4, 0.5) is 4.79 Å². The van der Waals surface area contributed by atoms with E-state index in [0.717, 1.165) is 22.3 Å². The number of fused-ring (bicyclic) bond motifs is 3. The van der Waals surface area contributed by atoms with Crippen LogP contribution in [-0.4, -0.2) is 53.8 Å². The summed E-state index contributed by atoms with van der Waals surface area (Å²) in [6.07, 6.45) is -0.220. The molecule has 1 aliphatic carbocycles. The number of benzene rings is 2. The summed E-state index contributed by atoms with van der Waals surface area (Å²) in [4.78, 5) is 35.1. The predicted molar refractivity (Wildman–Crippen MR) is 120 cm³/mol. The average Bonchev–Trinajstić information content (AvgIpc) is 3.09. The van der Waals surface area contributed by atoms with Crippen molar-refractivity contribution in [3.05, 3.63) is 59.7 Å². The molecule has 2 amide bonds. The second-order valence-electron chi connectivity index (χ2n) is 7.17. The minimum atomic E-state index is -0.889. The van der Waals surface area contributed by atoms with Crippen LogP contribution in [0, 0.1) is 0 Å². The summed E-state index contributed by atoms with van der Waals surface area (Å²) in [5.74, 6) is -0.769. The van der Waals surface area contributed by atoms with Gasteiger partial charge < -0.3 is 20.5 Å². The lowest BCUT2D eigenvalue weighted by Crippen LogP contribution is -2.47. The Bertz CT molecular complexity index is 904. The Kier molecular flexibility index (Phi) is 7.94. The number of carbonyl (C=O) groups excluding carboxylic acids is 2. The van der Waals surface area contributed by atoms with Crippen molar-refractivity contribution in [1.82, 2.24) is 10.6 Å². The molecule has 3 rings (SSSR count). The molecule has 7 nitrogen and oxygen atoms in total. The molecule has 0 aromatic heterocycles. The van der Waals surface area contributed by atoms with Gasteiger partial charge in [-0.1, -0.05) is 55.5 Å². The lowest BCUT2D eigenvalue weighted by Gasteiger charge is -2.18. The molecule has 0 bridgehead atoms. The first-order valence-corrected chi connectivity index (χ1v) is 11.4. The topological polar surface area (TPSA) is 105 Å². The molecule has 0 spiro atoms. The molecule has 0 fully saturated rings. The Morgan fingerprint density at radius 2 is 1.68 bits per heavy atom. The highest BCUT2D eigenvalue weighted by atomic mass is 32.2. The fraction of sp³-hybridized carbons (Fsp3) is 0.348. The largest absolute Gasteiger partial charge is 0.481 e. The molecule has 0 aliphatic heterocycles. The van der Waals surface area contributed by atoms with Gasteiger partial charge >= 0.3 is 12.1 Å². The highest BCUT2D eigenvalue weighted by Gasteiger charge is 2.29. The van der Waals surface area contributed by atoms with Crippen LogP contribution < -0.4 is 10.6 Å². The van der Waals surface area contributed by atoms with Crippen molar-refractivity contribution in [3.8, 4) is 11.1 Å². The normalized spacial score (nSPS) is 13.1. The van der Waals surface area contributed by atoms with Crippen molar-refractivity contribution in [3.63, 3.8) is 0 Å². The number of carboxylic acid groups (broad SMARTS) is 1. The fourth-order valence-electron chi connectivity index (χ4n) is 3.66. The molecule has 2 aromatic rings. The third-order valence-corrected chi connectivity index (χ3v) is 6.08. The molecule has 164 valence electrons. The molecule has 8 heteroatoms. The van der Waals surface area contributed by atoms with E-state index in [2.05, 4.69) is 22.8 Å². The molecule has 2 aromatic carbocycles. The maximum absolute atomic E-state index is 12.4. The maximum atomic E-state index is 12.4. The standard InChI is InChI=1S/C23H26N2O5S/c1-2-20(22(28)24-11-12-31-14-21(26)27)25-23(29)30-13-19-17-9-5-3-7-15(17)16-8-4-6-10-18(16)19/h3-10,19-20H,2,11-14H2,1H3,(H,24,28)(H,25,29)(H,26,27)/t20-/m0/s1. The molecule has 3 N–H and O–H groups in total. The number of amides is 2. The summed E-state index contributed by atoms with van der Waals surface area (Å²) < 4.78 is 5.49. The zero-order chi connectivity index (χ0) is 22.2. The number of thioether (sulfide) groups is 1. The van der Waals surface area contributed by atoms with Crippen LogP contribution in [0.5, 0.6) is 0 Å². The predicted octanol–water partition coefficient (Wildman–Crippen LogP) is 3.24. The molecular formula is C23H26N2O5S. The van der Waals surface area contributed by atoms with Gasteiger partial charge in [-0.05, 0) is 28.7 Å². The number of carbonyl (C=O) groups is 3. The van der Waals surface area contributed by atoms with E-state index in [1.165, 1.54) is 11.8 Å². The van der Waals surface area contributed by atoms with Crippen LogP contribution >= 0.6 is 11.8 Å². The second kappa shape index (κ2) is 10.9. The smallest absolute Gasteiger partial charge is 0.407 e. The van der Waals surface area contributed by atoms with Gasteiger partial charge in [0.25, 0.3) is 0 Å². The second-order valence-corrected chi connectivity index (χ2v) is 8.27. The van der Waals surface area contributed by atoms with E-state index in [9.17, 15) is 14.4 Å². The Morgan fingerprint density at radius 1 is 1.06 bits per heavy atom. The number of ether oxygens (including phenoxy) is 1. The molecule has 0 radical (unpaired) electrons.